The number of hydrogen-bond donors (Lipinski definition) is 2. The molecule has 0 radical (unpaired) electrons. The van der Waals surface area contributed by atoms with E-state index in [1.165, 1.54) is 101 Å². The molecule has 2 nitrogen and oxygen atoms in total. The van der Waals surface area contributed by atoms with Gasteiger partial charge in [-0.05, 0) is 50.4 Å². The first-order valence-electron chi connectivity index (χ1n) is 12.1. The molecule has 0 spiro atoms. The van der Waals surface area contributed by atoms with Crippen LogP contribution in [0.3, 0.4) is 0 Å². The molecule has 0 amide bonds. The van der Waals surface area contributed by atoms with Crippen LogP contribution in [0.15, 0.2) is 6.07 Å². The van der Waals surface area contributed by atoms with Crippen molar-refractivity contribution in [3.8, 4) is 5.75 Å². The van der Waals surface area contributed by atoms with E-state index in [2.05, 4.69) is 32.2 Å². The van der Waals surface area contributed by atoms with Gasteiger partial charge in [0, 0.05) is 12.1 Å². The highest BCUT2D eigenvalue weighted by Crippen LogP contribution is 2.27. The molecule has 2 N–H and O–H groups in total. The second-order valence-electron chi connectivity index (χ2n) is 8.72. The van der Waals surface area contributed by atoms with Gasteiger partial charge in [-0.3, -0.25) is 0 Å². The van der Waals surface area contributed by atoms with E-state index >= 15 is 0 Å². The van der Waals surface area contributed by atoms with Gasteiger partial charge in [-0.15, -0.1) is 0 Å². The molecule has 0 aliphatic heterocycles. The van der Waals surface area contributed by atoms with Gasteiger partial charge in [0.05, 0.1) is 0 Å². The van der Waals surface area contributed by atoms with Gasteiger partial charge in [-0.1, -0.05) is 96.5 Å². The van der Waals surface area contributed by atoms with E-state index in [4.69, 9.17) is 0 Å². The molecular weight excluding hydrogens is 342 g/mol. The Balaban J connectivity index is 1.91. The van der Waals surface area contributed by atoms with E-state index in [1.807, 2.05) is 6.92 Å². The topological polar surface area (TPSA) is 32.3 Å². The summed E-state index contributed by atoms with van der Waals surface area (Å²) in [4.78, 5) is 0. The number of aromatic hydroxyl groups is 1. The SMILES string of the molecule is CCCCCCCCCCCCCCCCNCc1cc(C)c(C)c(C)c1O. The molecule has 0 saturated heterocycles. The first-order valence-corrected chi connectivity index (χ1v) is 12.1. The number of benzene rings is 1. The summed E-state index contributed by atoms with van der Waals surface area (Å²) in [5.41, 5.74) is 4.52. The lowest BCUT2D eigenvalue weighted by Crippen LogP contribution is -2.15. The van der Waals surface area contributed by atoms with E-state index in [0.717, 1.165) is 24.2 Å². The summed E-state index contributed by atoms with van der Waals surface area (Å²) in [6, 6.07) is 2.12. The fraction of sp³-hybridized carbons (Fsp3) is 0.769. The fourth-order valence-corrected chi connectivity index (χ4v) is 3.95. The van der Waals surface area contributed by atoms with Gasteiger partial charge in [0.1, 0.15) is 5.75 Å². The second kappa shape index (κ2) is 15.9. The molecule has 0 fully saturated rings. The minimum atomic E-state index is 0.469. The molecule has 28 heavy (non-hydrogen) atoms. The quantitative estimate of drug-likeness (QED) is 0.265. The highest BCUT2D eigenvalue weighted by molar-refractivity contribution is 5.48. The lowest BCUT2D eigenvalue weighted by atomic mass is 9.99. The number of rotatable bonds is 17. The summed E-state index contributed by atoms with van der Waals surface area (Å²) in [5.74, 6) is 0.469. The van der Waals surface area contributed by atoms with Gasteiger partial charge in [0.15, 0.2) is 0 Å². The first-order chi connectivity index (χ1) is 13.6. The zero-order valence-electron chi connectivity index (χ0n) is 19.3. The Labute approximate surface area is 175 Å². The maximum Gasteiger partial charge on any atom is 0.123 e. The summed E-state index contributed by atoms with van der Waals surface area (Å²) < 4.78 is 0. The Kier molecular flexibility index (Phi) is 14.2. The number of phenolic OH excluding ortho intramolecular Hbond substituents is 1. The number of nitrogens with one attached hydrogen (secondary N) is 1. The summed E-state index contributed by atoms with van der Waals surface area (Å²) in [6.45, 7) is 10.3. The largest absolute Gasteiger partial charge is 0.507 e. The van der Waals surface area contributed by atoms with Crippen LogP contribution in [0.4, 0.5) is 0 Å². The third-order valence-corrected chi connectivity index (χ3v) is 6.23. The van der Waals surface area contributed by atoms with E-state index in [0.29, 0.717) is 5.75 Å². The Morgan fingerprint density at radius 2 is 1.14 bits per heavy atom. The third-order valence-electron chi connectivity index (χ3n) is 6.23. The average Bonchev–Trinajstić information content (AvgIpc) is 2.69. The van der Waals surface area contributed by atoms with Crippen LogP contribution in [-0.2, 0) is 6.54 Å². The molecule has 1 aromatic rings. The van der Waals surface area contributed by atoms with Crippen LogP contribution in [0.25, 0.3) is 0 Å². The highest BCUT2D eigenvalue weighted by atomic mass is 16.3. The van der Waals surface area contributed by atoms with Gasteiger partial charge in [0.2, 0.25) is 0 Å². The van der Waals surface area contributed by atoms with E-state index < -0.39 is 0 Å². The molecule has 0 bridgehead atoms. The van der Waals surface area contributed by atoms with Crippen molar-refractivity contribution in [2.45, 2.75) is 124 Å². The van der Waals surface area contributed by atoms with Crippen LogP contribution < -0.4 is 5.32 Å². The van der Waals surface area contributed by atoms with Crippen LogP contribution in [0.1, 0.15) is 119 Å². The van der Waals surface area contributed by atoms with Gasteiger partial charge >= 0.3 is 0 Å². The molecule has 0 aliphatic carbocycles. The van der Waals surface area contributed by atoms with Crippen molar-refractivity contribution in [1.82, 2.24) is 5.32 Å². The van der Waals surface area contributed by atoms with Crippen LogP contribution in [0, 0.1) is 20.8 Å². The number of hydrogen-bond acceptors (Lipinski definition) is 2. The molecule has 2 heteroatoms. The molecule has 0 aliphatic rings. The summed E-state index contributed by atoms with van der Waals surface area (Å²) in [6.07, 6.45) is 19.6. The predicted molar refractivity (Wildman–Crippen MR) is 124 cm³/mol. The Bertz CT molecular complexity index is 524. The molecule has 1 aromatic carbocycles. The minimum absolute atomic E-state index is 0.469. The monoisotopic (exact) mass is 389 g/mol. The standard InChI is InChI=1S/C26H47NO/c1-5-6-7-8-9-10-11-12-13-14-15-16-17-18-19-27-21-25-20-22(2)23(3)24(4)26(25)28/h20,27-28H,5-19,21H2,1-4H3. The molecule has 162 valence electrons. The van der Waals surface area contributed by atoms with Gasteiger partial charge in [0.25, 0.3) is 0 Å². The summed E-state index contributed by atoms with van der Waals surface area (Å²) in [7, 11) is 0. The van der Waals surface area contributed by atoms with Crippen molar-refractivity contribution in [2.75, 3.05) is 6.54 Å². The number of aryl methyl sites for hydroxylation is 1. The molecule has 0 heterocycles. The Hall–Kier alpha value is -1.02. The van der Waals surface area contributed by atoms with Gasteiger partial charge in [-0.25, -0.2) is 0 Å². The zero-order chi connectivity index (χ0) is 20.6. The van der Waals surface area contributed by atoms with Gasteiger partial charge < -0.3 is 10.4 Å². The molecule has 0 atom stereocenters. The summed E-state index contributed by atoms with van der Waals surface area (Å²) >= 11 is 0. The van der Waals surface area contributed by atoms with Crippen LogP contribution in [0.2, 0.25) is 0 Å². The van der Waals surface area contributed by atoms with Crippen LogP contribution in [0.5, 0.6) is 5.75 Å². The molecule has 0 unspecified atom stereocenters. The highest BCUT2D eigenvalue weighted by Gasteiger charge is 2.09. The average molecular weight is 390 g/mol. The Morgan fingerprint density at radius 3 is 1.64 bits per heavy atom. The number of phenols is 1. The van der Waals surface area contributed by atoms with Crippen molar-refractivity contribution in [3.05, 3.63) is 28.3 Å². The first kappa shape index (κ1) is 25.0. The van der Waals surface area contributed by atoms with Crippen molar-refractivity contribution < 1.29 is 5.11 Å². The maximum absolute atomic E-state index is 10.3. The zero-order valence-corrected chi connectivity index (χ0v) is 19.3. The van der Waals surface area contributed by atoms with E-state index in [1.54, 1.807) is 0 Å². The van der Waals surface area contributed by atoms with Crippen molar-refractivity contribution in [3.63, 3.8) is 0 Å². The Morgan fingerprint density at radius 1 is 0.679 bits per heavy atom. The predicted octanol–water partition coefficient (Wildman–Crippen LogP) is 7.89. The van der Waals surface area contributed by atoms with E-state index in [-0.39, 0.29) is 0 Å². The normalized spacial score (nSPS) is 11.3. The molecule has 0 aromatic heterocycles. The smallest absolute Gasteiger partial charge is 0.123 e. The van der Waals surface area contributed by atoms with E-state index in [9.17, 15) is 5.11 Å². The molecular formula is C26H47NO. The van der Waals surface area contributed by atoms with Crippen molar-refractivity contribution in [2.24, 2.45) is 0 Å². The van der Waals surface area contributed by atoms with Gasteiger partial charge in [-0.2, -0.15) is 0 Å². The second-order valence-corrected chi connectivity index (χ2v) is 8.72. The third kappa shape index (κ3) is 10.5. The molecule has 0 saturated carbocycles. The fourth-order valence-electron chi connectivity index (χ4n) is 3.95. The maximum atomic E-state index is 10.3. The molecule has 1 rings (SSSR count). The number of unbranched alkanes of at least 4 members (excludes halogenated alkanes) is 13. The lowest BCUT2D eigenvalue weighted by molar-refractivity contribution is 0.458. The van der Waals surface area contributed by atoms with Crippen molar-refractivity contribution in [1.29, 1.82) is 0 Å². The van der Waals surface area contributed by atoms with Crippen LogP contribution in [-0.4, -0.2) is 11.7 Å². The summed E-state index contributed by atoms with van der Waals surface area (Å²) in [5, 5.41) is 13.8. The minimum Gasteiger partial charge on any atom is -0.507 e. The van der Waals surface area contributed by atoms with Crippen LogP contribution >= 0.6 is 0 Å². The van der Waals surface area contributed by atoms with Crippen molar-refractivity contribution >= 4 is 0 Å². The lowest BCUT2D eigenvalue weighted by Gasteiger charge is -2.13.